The quantitative estimate of drug-likeness (QED) is 0.897. The van der Waals surface area contributed by atoms with Crippen molar-refractivity contribution in [3.8, 4) is 0 Å². The molecule has 18 heavy (non-hydrogen) atoms. The van der Waals surface area contributed by atoms with Gasteiger partial charge in [-0.2, -0.15) is 0 Å². The van der Waals surface area contributed by atoms with Gasteiger partial charge in [0.25, 0.3) is 0 Å². The zero-order valence-electron chi connectivity index (χ0n) is 12.2. The number of hydrogen-bond donors (Lipinski definition) is 1. The van der Waals surface area contributed by atoms with E-state index in [2.05, 4.69) is 26.1 Å². The highest BCUT2D eigenvalue weighted by molar-refractivity contribution is 5.68. The molecule has 0 aliphatic carbocycles. The van der Waals surface area contributed by atoms with Gasteiger partial charge in [-0.25, -0.2) is 4.79 Å². The summed E-state index contributed by atoms with van der Waals surface area (Å²) in [6.07, 6.45) is 1.49. The van der Waals surface area contributed by atoms with Gasteiger partial charge in [-0.1, -0.05) is 20.8 Å². The first-order valence-electron chi connectivity index (χ1n) is 6.30. The number of nitrogens with one attached hydrogen (secondary N) is 1. The van der Waals surface area contributed by atoms with Gasteiger partial charge < -0.3 is 14.6 Å². The summed E-state index contributed by atoms with van der Waals surface area (Å²) in [6, 6.07) is 3.92. The number of alkyl carbamates (subject to hydrolysis) is 1. The van der Waals surface area contributed by atoms with E-state index in [1.807, 2.05) is 43.8 Å². The van der Waals surface area contributed by atoms with E-state index in [9.17, 15) is 4.79 Å². The van der Waals surface area contributed by atoms with Gasteiger partial charge in [0.2, 0.25) is 0 Å². The van der Waals surface area contributed by atoms with Crippen molar-refractivity contribution in [2.75, 3.05) is 0 Å². The fourth-order valence-corrected chi connectivity index (χ4v) is 1.87. The number of nitrogens with zero attached hydrogens (tertiary/aromatic N) is 1. The van der Waals surface area contributed by atoms with E-state index in [1.165, 1.54) is 0 Å². The fraction of sp³-hybridized carbons (Fsp3) is 0.643. The molecule has 1 aromatic rings. The average Bonchev–Trinajstić information content (AvgIpc) is 2.58. The summed E-state index contributed by atoms with van der Waals surface area (Å²) in [4.78, 5) is 11.8. The van der Waals surface area contributed by atoms with Crippen LogP contribution in [0.1, 0.15) is 46.4 Å². The molecular weight excluding hydrogens is 228 g/mol. The second kappa shape index (κ2) is 5.46. The van der Waals surface area contributed by atoms with Crippen LogP contribution in [0, 0.1) is 5.41 Å². The zero-order chi connectivity index (χ0) is 13.9. The van der Waals surface area contributed by atoms with Crippen molar-refractivity contribution in [3.63, 3.8) is 0 Å². The molecular formula is C14H24N2O2. The van der Waals surface area contributed by atoms with Crippen LogP contribution < -0.4 is 5.32 Å². The van der Waals surface area contributed by atoms with Crippen LogP contribution >= 0.6 is 0 Å². The number of aryl methyl sites for hydroxylation is 1. The Morgan fingerprint density at radius 3 is 2.39 bits per heavy atom. The minimum absolute atomic E-state index is 0.0799. The first-order chi connectivity index (χ1) is 8.21. The lowest BCUT2D eigenvalue weighted by Crippen LogP contribution is -2.38. The van der Waals surface area contributed by atoms with E-state index >= 15 is 0 Å². The van der Waals surface area contributed by atoms with Crippen LogP contribution in [0.2, 0.25) is 0 Å². The first kappa shape index (κ1) is 14.6. The van der Waals surface area contributed by atoms with Gasteiger partial charge in [-0.05, 0) is 31.4 Å². The number of rotatable bonds is 3. The Kier molecular flexibility index (Phi) is 4.43. The number of aromatic nitrogens is 1. The molecule has 0 bridgehead atoms. The van der Waals surface area contributed by atoms with Crippen LogP contribution in [-0.2, 0) is 11.8 Å². The van der Waals surface area contributed by atoms with E-state index in [0.717, 1.165) is 5.69 Å². The van der Waals surface area contributed by atoms with Gasteiger partial charge >= 0.3 is 6.09 Å². The van der Waals surface area contributed by atoms with E-state index < -0.39 is 0 Å². The zero-order valence-corrected chi connectivity index (χ0v) is 12.2. The molecule has 1 rings (SSSR count). The highest BCUT2D eigenvalue weighted by atomic mass is 16.6. The van der Waals surface area contributed by atoms with Gasteiger partial charge in [-0.15, -0.1) is 0 Å². The fourth-order valence-electron chi connectivity index (χ4n) is 1.87. The van der Waals surface area contributed by atoms with Crippen LogP contribution in [-0.4, -0.2) is 16.8 Å². The molecule has 0 aromatic carbocycles. The highest BCUT2D eigenvalue weighted by Gasteiger charge is 2.30. The lowest BCUT2D eigenvalue weighted by atomic mass is 9.85. The Balaban J connectivity index is 2.88. The van der Waals surface area contributed by atoms with Crippen molar-refractivity contribution in [3.05, 3.63) is 24.0 Å². The number of hydrogen-bond acceptors (Lipinski definition) is 2. The molecule has 0 radical (unpaired) electrons. The molecule has 0 fully saturated rings. The molecule has 1 unspecified atom stereocenters. The molecule has 1 amide bonds. The normalized spacial score (nSPS) is 13.5. The standard InChI is InChI=1S/C14H24N2O2/c1-10(2)18-13(17)15-12(14(3,4)5)11-8-7-9-16(11)6/h7-10,12H,1-6H3,(H,15,17). The number of ether oxygens (including phenoxy) is 1. The maximum Gasteiger partial charge on any atom is 0.407 e. The third-order valence-corrected chi connectivity index (χ3v) is 2.75. The second-order valence-corrected chi connectivity index (χ2v) is 5.94. The topological polar surface area (TPSA) is 43.3 Å². The molecule has 4 heteroatoms. The molecule has 1 N–H and O–H groups in total. The molecule has 0 spiro atoms. The average molecular weight is 252 g/mol. The van der Waals surface area contributed by atoms with Crippen molar-refractivity contribution in [2.24, 2.45) is 12.5 Å². The summed E-state index contributed by atoms with van der Waals surface area (Å²) in [5.41, 5.74) is 0.991. The van der Waals surface area contributed by atoms with Gasteiger partial charge in [0.1, 0.15) is 0 Å². The smallest absolute Gasteiger partial charge is 0.407 e. The first-order valence-corrected chi connectivity index (χ1v) is 6.30. The lowest BCUT2D eigenvalue weighted by molar-refractivity contribution is 0.103. The Hall–Kier alpha value is -1.45. The SMILES string of the molecule is CC(C)OC(=O)NC(c1cccn1C)C(C)(C)C. The Morgan fingerprint density at radius 2 is 2.00 bits per heavy atom. The monoisotopic (exact) mass is 252 g/mol. The van der Waals surface area contributed by atoms with E-state index in [-0.39, 0.29) is 23.7 Å². The van der Waals surface area contributed by atoms with Crippen LogP contribution in [0.3, 0.4) is 0 Å². The summed E-state index contributed by atoms with van der Waals surface area (Å²) in [5.74, 6) is 0. The minimum atomic E-state index is -0.369. The van der Waals surface area contributed by atoms with E-state index in [0.29, 0.717) is 0 Å². The molecule has 1 aromatic heterocycles. The van der Waals surface area contributed by atoms with Crippen molar-refractivity contribution in [1.82, 2.24) is 9.88 Å². The summed E-state index contributed by atoms with van der Waals surface area (Å²) in [5, 5.41) is 2.95. The number of amides is 1. The van der Waals surface area contributed by atoms with Crippen molar-refractivity contribution in [2.45, 2.75) is 46.8 Å². The minimum Gasteiger partial charge on any atom is -0.447 e. The van der Waals surface area contributed by atoms with Gasteiger partial charge in [0.15, 0.2) is 0 Å². The van der Waals surface area contributed by atoms with Crippen molar-refractivity contribution < 1.29 is 9.53 Å². The summed E-state index contributed by atoms with van der Waals surface area (Å²) in [7, 11) is 1.98. The van der Waals surface area contributed by atoms with Crippen molar-refractivity contribution in [1.29, 1.82) is 0 Å². The predicted molar refractivity (Wildman–Crippen MR) is 72.4 cm³/mol. The van der Waals surface area contributed by atoms with Crippen LogP contribution in [0.4, 0.5) is 4.79 Å². The number of carbonyl (C=O) groups is 1. The summed E-state index contributed by atoms with van der Waals surface area (Å²) < 4.78 is 7.17. The molecule has 4 nitrogen and oxygen atoms in total. The van der Waals surface area contributed by atoms with E-state index in [1.54, 1.807) is 0 Å². The third-order valence-electron chi connectivity index (χ3n) is 2.75. The number of carbonyl (C=O) groups excluding carboxylic acids is 1. The van der Waals surface area contributed by atoms with Crippen LogP contribution in [0.15, 0.2) is 18.3 Å². The molecule has 1 atom stereocenters. The molecule has 0 aliphatic heterocycles. The van der Waals surface area contributed by atoms with Gasteiger partial charge in [0.05, 0.1) is 12.1 Å². The highest BCUT2D eigenvalue weighted by Crippen LogP contribution is 2.32. The molecule has 0 saturated heterocycles. The lowest BCUT2D eigenvalue weighted by Gasteiger charge is -2.32. The Labute approximate surface area is 109 Å². The maximum atomic E-state index is 11.8. The Morgan fingerprint density at radius 1 is 1.39 bits per heavy atom. The predicted octanol–water partition coefficient (Wildman–Crippen LogP) is 3.25. The Bertz CT molecular complexity index is 402. The van der Waals surface area contributed by atoms with Crippen molar-refractivity contribution >= 4 is 6.09 Å². The van der Waals surface area contributed by atoms with Crippen LogP contribution in [0.5, 0.6) is 0 Å². The van der Waals surface area contributed by atoms with Gasteiger partial charge in [-0.3, -0.25) is 0 Å². The van der Waals surface area contributed by atoms with Crippen LogP contribution in [0.25, 0.3) is 0 Å². The van der Waals surface area contributed by atoms with Gasteiger partial charge in [0, 0.05) is 18.9 Å². The maximum absolute atomic E-state index is 11.8. The molecule has 1 heterocycles. The third kappa shape index (κ3) is 3.79. The summed E-state index contributed by atoms with van der Waals surface area (Å²) >= 11 is 0. The summed E-state index contributed by atoms with van der Waals surface area (Å²) in [6.45, 7) is 9.98. The largest absolute Gasteiger partial charge is 0.447 e. The van der Waals surface area contributed by atoms with E-state index in [4.69, 9.17) is 4.74 Å². The second-order valence-electron chi connectivity index (χ2n) is 5.94. The molecule has 0 aliphatic rings. The molecule has 102 valence electrons. The molecule has 0 saturated carbocycles.